The Balaban J connectivity index is 0. The number of carboxylic acids is 1. The van der Waals surface area contributed by atoms with Crippen molar-refractivity contribution in [3.8, 4) is 0 Å². The molecule has 0 spiro atoms. The molecule has 0 aromatic heterocycles. The number of carbonyl (C=O) groups excluding carboxylic acids is 1. The van der Waals surface area contributed by atoms with Crippen LogP contribution in [0.4, 0.5) is 0 Å². The molecule has 0 unspecified atom stereocenters. The van der Waals surface area contributed by atoms with Crippen molar-refractivity contribution in [3.05, 3.63) is 0 Å². The first-order valence-corrected chi connectivity index (χ1v) is 2.59. The molecule has 4 nitrogen and oxygen atoms in total. The van der Waals surface area contributed by atoms with Gasteiger partial charge in [0.1, 0.15) is 6.29 Å². The van der Waals surface area contributed by atoms with Gasteiger partial charge in [-0.3, -0.25) is 4.79 Å². The Bertz CT molecular complexity index is 117. The molecule has 0 aliphatic carbocycles. The van der Waals surface area contributed by atoms with E-state index in [-0.39, 0.29) is 40.1 Å². The number of carbonyl (C=O) groups is 2. The van der Waals surface area contributed by atoms with Gasteiger partial charge in [-0.2, -0.15) is 0 Å². The van der Waals surface area contributed by atoms with Gasteiger partial charge in [-0.1, -0.05) is 0 Å². The summed E-state index contributed by atoms with van der Waals surface area (Å²) in [4.78, 5) is 19.6. The van der Waals surface area contributed by atoms with Crippen LogP contribution in [0.2, 0.25) is 0 Å². The average Bonchev–Trinajstić information content (AvgIpc) is 1.83. The van der Waals surface area contributed by atoms with Gasteiger partial charge >= 0.3 is 33.3 Å². The van der Waals surface area contributed by atoms with Gasteiger partial charge < -0.3 is 15.6 Å². The van der Waals surface area contributed by atoms with E-state index in [0.717, 1.165) is 0 Å². The van der Waals surface area contributed by atoms with Crippen LogP contribution < -0.4 is 5.73 Å². The quantitative estimate of drug-likeness (QED) is 0.480. The van der Waals surface area contributed by atoms with Crippen LogP contribution in [0.1, 0.15) is 12.8 Å². The number of hydrogen-bond donors (Lipinski definition) is 2. The summed E-state index contributed by atoms with van der Waals surface area (Å²) in [5.41, 5.74) is 5.09. The summed E-state index contributed by atoms with van der Waals surface area (Å²) in [7, 11) is 0. The first-order valence-electron chi connectivity index (χ1n) is 2.59. The van der Waals surface area contributed by atoms with E-state index in [1.807, 2.05) is 0 Å². The molecule has 5 heteroatoms. The summed E-state index contributed by atoms with van der Waals surface area (Å²) in [6.07, 6.45) is 0.724. The predicted octanol–water partition coefficient (Wildman–Crippen LogP) is -1.54. The van der Waals surface area contributed by atoms with E-state index in [4.69, 9.17) is 10.8 Å². The molecule has 0 bridgehead atoms. The molecule has 0 saturated carbocycles. The van der Waals surface area contributed by atoms with Crippen molar-refractivity contribution in [3.63, 3.8) is 0 Å². The van der Waals surface area contributed by atoms with Crippen molar-refractivity contribution in [1.29, 1.82) is 0 Å². The summed E-state index contributed by atoms with van der Waals surface area (Å²) in [5.74, 6) is -0.924. The zero-order valence-corrected chi connectivity index (χ0v) is 11.1. The van der Waals surface area contributed by atoms with Crippen LogP contribution in [-0.2, 0) is 9.59 Å². The number of nitrogens with two attached hydrogens (primary N) is 1. The Hall–Kier alpha value is 0.0221. The van der Waals surface area contributed by atoms with Gasteiger partial charge in [0.2, 0.25) is 0 Å². The Kier molecular flexibility index (Phi) is 9.04. The standard InChI is InChI=1S/C5H9NO3.Pb.2H/c6-4(3-7)1-2-5(8)9;;;/h3-4H,1-2,6H2,(H,8,9);;;/t4-;;;/m0.../s1. The van der Waals surface area contributed by atoms with Crippen LogP contribution in [0.5, 0.6) is 0 Å². The molecular weight excluding hydrogens is 329 g/mol. The monoisotopic (exact) mass is 341 g/mol. The second-order valence-electron chi connectivity index (χ2n) is 1.73. The van der Waals surface area contributed by atoms with Gasteiger partial charge in [0.25, 0.3) is 0 Å². The molecule has 0 fully saturated rings. The summed E-state index contributed by atoms with van der Waals surface area (Å²) >= 11 is 0. The Morgan fingerprint density at radius 1 is 1.70 bits per heavy atom. The summed E-state index contributed by atoms with van der Waals surface area (Å²) in [6.45, 7) is 0. The Labute approximate surface area is 78.9 Å². The average molecular weight is 340 g/mol. The van der Waals surface area contributed by atoms with Crippen LogP contribution in [-0.4, -0.2) is 50.7 Å². The van der Waals surface area contributed by atoms with Gasteiger partial charge in [0.15, 0.2) is 0 Å². The normalized spacial score (nSPS) is 11.3. The van der Waals surface area contributed by atoms with Crippen LogP contribution >= 0.6 is 0 Å². The van der Waals surface area contributed by atoms with Crippen molar-refractivity contribution in [1.82, 2.24) is 0 Å². The third kappa shape index (κ3) is 8.02. The number of rotatable bonds is 4. The molecule has 0 aromatic rings. The van der Waals surface area contributed by atoms with E-state index in [2.05, 4.69) is 0 Å². The molecule has 0 amide bonds. The van der Waals surface area contributed by atoms with E-state index >= 15 is 0 Å². The van der Waals surface area contributed by atoms with E-state index < -0.39 is 12.0 Å². The molecule has 0 rings (SSSR count). The maximum absolute atomic E-state index is 9.85. The first-order chi connectivity index (χ1) is 4.16. The molecule has 3 N–H and O–H groups in total. The van der Waals surface area contributed by atoms with Crippen molar-refractivity contribution in [2.45, 2.75) is 18.9 Å². The van der Waals surface area contributed by atoms with Gasteiger partial charge in [0.05, 0.1) is 6.04 Å². The van der Waals surface area contributed by atoms with E-state index in [9.17, 15) is 9.59 Å². The molecule has 0 saturated heterocycles. The van der Waals surface area contributed by atoms with Gasteiger partial charge in [-0.15, -0.1) is 0 Å². The third-order valence-electron chi connectivity index (χ3n) is 0.866. The maximum atomic E-state index is 9.85. The van der Waals surface area contributed by atoms with Crippen molar-refractivity contribution < 1.29 is 14.7 Å². The van der Waals surface area contributed by atoms with Crippen LogP contribution in [0.25, 0.3) is 0 Å². The minimum atomic E-state index is -0.924. The van der Waals surface area contributed by atoms with Gasteiger partial charge in [-0.05, 0) is 6.42 Å². The fourth-order valence-electron chi connectivity index (χ4n) is 0.358. The Morgan fingerprint density at radius 3 is 2.50 bits per heavy atom. The van der Waals surface area contributed by atoms with E-state index in [1.165, 1.54) is 0 Å². The van der Waals surface area contributed by atoms with E-state index in [0.29, 0.717) is 6.29 Å². The molecule has 58 valence electrons. The van der Waals surface area contributed by atoms with Crippen LogP contribution in [0.3, 0.4) is 0 Å². The predicted molar refractivity (Wildman–Crippen MR) is 39.5 cm³/mol. The molecule has 1 atom stereocenters. The minimum absolute atomic E-state index is 0. The number of hydrogen-bond acceptors (Lipinski definition) is 3. The van der Waals surface area contributed by atoms with Crippen molar-refractivity contribution in [2.24, 2.45) is 5.73 Å². The Morgan fingerprint density at radius 2 is 2.20 bits per heavy atom. The van der Waals surface area contributed by atoms with Crippen molar-refractivity contribution >= 4 is 39.6 Å². The summed E-state index contributed by atoms with van der Waals surface area (Å²) in [6, 6.07) is -0.624. The second-order valence-corrected chi connectivity index (χ2v) is 1.73. The summed E-state index contributed by atoms with van der Waals surface area (Å²) in [5, 5.41) is 8.09. The number of aldehydes is 1. The molecule has 0 heterocycles. The molecule has 0 aliphatic rings. The van der Waals surface area contributed by atoms with Gasteiger partial charge in [0, 0.05) is 6.42 Å². The third-order valence-corrected chi connectivity index (χ3v) is 0.866. The zero-order valence-electron chi connectivity index (χ0n) is 5.62. The fourth-order valence-corrected chi connectivity index (χ4v) is 0.358. The zero-order chi connectivity index (χ0) is 7.28. The molecular formula is C5H11NO3Pb. The topological polar surface area (TPSA) is 80.4 Å². The molecule has 10 heavy (non-hydrogen) atoms. The number of aliphatic carboxylic acids is 1. The van der Waals surface area contributed by atoms with Crippen LogP contribution in [0.15, 0.2) is 0 Å². The molecule has 2 radical (unpaired) electrons. The van der Waals surface area contributed by atoms with Crippen LogP contribution in [0, 0.1) is 0 Å². The van der Waals surface area contributed by atoms with E-state index in [1.54, 1.807) is 0 Å². The van der Waals surface area contributed by atoms with Gasteiger partial charge in [-0.25, -0.2) is 0 Å². The second kappa shape index (κ2) is 7.13. The molecule has 0 aromatic carbocycles. The number of carboxylic acid groups (broad SMARTS) is 1. The van der Waals surface area contributed by atoms with Crippen molar-refractivity contribution in [2.75, 3.05) is 0 Å². The molecule has 0 aliphatic heterocycles. The summed E-state index contributed by atoms with van der Waals surface area (Å²) < 4.78 is 0. The first kappa shape index (κ1) is 12.7. The SMILES string of the molecule is N[C@H](C=O)CCC(=O)O.[PbH2]. The fraction of sp³-hybridized carbons (Fsp3) is 0.600.